The molecule has 11 heteroatoms. The first-order valence-electron chi connectivity index (χ1n) is 9.30. The Balaban J connectivity index is 1.88. The molecule has 0 radical (unpaired) electrons. The highest BCUT2D eigenvalue weighted by atomic mass is 35.5. The minimum absolute atomic E-state index is 0.0908. The maximum atomic E-state index is 13.0. The monoisotopic (exact) mass is 495 g/mol. The summed E-state index contributed by atoms with van der Waals surface area (Å²) < 4.78 is 39.1. The lowest BCUT2D eigenvalue weighted by Gasteiger charge is -2.14. The summed E-state index contributed by atoms with van der Waals surface area (Å²) in [5.41, 5.74) is 0.437. The van der Waals surface area contributed by atoms with Gasteiger partial charge in [0.1, 0.15) is 27.2 Å². The van der Waals surface area contributed by atoms with E-state index in [1.54, 1.807) is 24.3 Å². The number of nitrogens with zero attached hydrogens (tertiary/aromatic N) is 1. The van der Waals surface area contributed by atoms with Gasteiger partial charge in [0.25, 0.3) is 15.9 Å². The lowest BCUT2D eigenvalue weighted by Crippen LogP contribution is -2.17. The number of methoxy groups -OCH3 is 1. The Morgan fingerprint density at radius 1 is 1.03 bits per heavy atom. The van der Waals surface area contributed by atoms with Crippen LogP contribution < -0.4 is 19.5 Å². The van der Waals surface area contributed by atoms with Crippen LogP contribution in [0.3, 0.4) is 0 Å². The number of benzene rings is 2. The second-order valence-electron chi connectivity index (χ2n) is 6.35. The molecule has 3 aromatic rings. The molecular weight excluding hydrogens is 477 g/mol. The van der Waals surface area contributed by atoms with Gasteiger partial charge >= 0.3 is 0 Å². The van der Waals surface area contributed by atoms with Crippen LogP contribution in [0.4, 0.5) is 11.4 Å². The number of hydrogen-bond acceptors (Lipinski definition) is 6. The number of hydrogen-bond donors (Lipinski definition) is 2. The normalized spacial score (nSPS) is 11.0. The molecular formula is C21H19Cl2N3O5S. The lowest BCUT2D eigenvalue weighted by molar-refractivity contribution is 0.102. The number of carbonyl (C=O) groups is 1. The second-order valence-corrected chi connectivity index (χ2v) is 8.79. The zero-order chi connectivity index (χ0) is 23.3. The van der Waals surface area contributed by atoms with Gasteiger partial charge < -0.3 is 14.8 Å². The third-order valence-corrected chi connectivity index (χ3v) is 6.07. The summed E-state index contributed by atoms with van der Waals surface area (Å²) >= 11 is 11.8. The molecule has 0 bridgehead atoms. The van der Waals surface area contributed by atoms with E-state index in [4.69, 9.17) is 32.7 Å². The van der Waals surface area contributed by atoms with E-state index in [0.717, 1.165) is 0 Å². The van der Waals surface area contributed by atoms with Crippen molar-refractivity contribution in [1.82, 2.24) is 4.98 Å². The number of pyridine rings is 1. The lowest BCUT2D eigenvalue weighted by atomic mass is 10.2. The fourth-order valence-electron chi connectivity index (χ4n) is 2.73. The molecule has 2 N–H and O–H groups in total. The van der Waals surface area contributed by atoms with Gasteiger partial charge in [0.15, 0.2) is 0 Å². The fourth-order valence-corrected chi connectivity index (χ4v) is 4.32. The third-order valence-electron chi connectivity index (χ3n) is 4.16. The van der Waals surface area contributed by atoms with Gasteiger partial charge in [-0.2, -0.15) is 0 Å². The van der Waals surface area contributed by atoms with Crippen molar-refractivity contribution in [3.8, 4) is 11.5 Å². The molecule has 0 aliphatic heterocycles. The summed E-state index contributed by atoms with van der Waals surface area (Å²) in [6.45, 7) is 2.35. The average Bonchev–Trinajstić information content (AvgIpc) is 2.76. The molecule has 0 aliphatic rings. The Bertz CT molecular complexity index is 1230. The molecule has 0 saturated heterocycles. The minimum Gasteiger partial charge on any atom is -0.495 e. The number of aromatic nitrogens is 1. The smallest absolute Gasteiger partial charge is 0.275 e. The maximum absolute atomic E-state index is 13.0. The Morgan fingerprint density at radius 2 is 1.72 bits per heavy atom. The van der Waals surface area contributed by atoms with E-state index in [9.17, 15) is 13.2 Å². The highest BCUT2D eigenvalue weighted by Gasteiger charge is 2.22. The van der Waals surface area contributed by atoms with Gasteiger partial charge in [0.2, 0.25) is 0 Å². The van der Waals surface area contributed by atoms with E-state index in [1.165, 1.54) is 37.4 Å². The number of nitrogens with one attached hydrogen (secondary N) is 2. The molecule has 1 aromatic heterocycles. The van der Waals surface area contributed by atoms with Gasteiger partial charge in [-0.1, -0.05) is 23.2 Å². The van der Waals surface area contributed by atoms with Gasteiger partial charge in [-0.15, -0.1) is 0 Å². The van der Waals surface area contributed by atoms with Crippen LogP contribution in [0, 0.1) is 0 Å². The summed E-state index contributed by atoms with van der Waals surface area (Å²) in [4.78, 5) is 16.3. The largest absolute Gasteiger partial charge is 0.495 e. The zero-order valence-corrected chi connectivity index (χ0v) is 19.4. The SMILES string of the molecule is CCOc1ccc(NS(=O)(=O)c2cc(NC(=O)c3nc(Cl)ccc3Cl)ccc2OC)cc1. The molecule has 0 unspecified atom stereocenters. The maximum Gasteiger partial charge on any atom is 0.275 e. The van der Waals surface area contributed by atoms with Gasteiger partial charge in [0.05, 0.1) is 18.7 Å². The van der Waals surface area contributed by atoms with Gasteiger partial charge in [-0.25, -0.2) is 13.4 Å². The van der Waals surface area contributed by atoms with Crippen molar-refractivity contribution in [1.29, 1.82) is 0 Å². The highest BCUT2D eigenvalue weighted by Crippen LogP contribution is 2.30. The van der Waals surface area contributed by atoms with Crippen molar-refractivity contribution in [2.45, 2.75) is 11.8 Å². The van der Waals surface area contributed by atoms with Crippen LogP contribution in [-0.4, -0.2) is 33.0 Å². The molecule has 0 aliphatic carbocycles. The van der Waals surface area contributed by atoms with E-state index in [0.29, 0.717) is 18.0 Å². The van der Waals surface area contributed by atoms with E-state index >= 15 is 0 Å². The van der Waals surface area contributed by atoms with Crippen molar-refractivity contribution in [2.24, 2.45) is 0 Å². The molecule has 3 rings (SSSR count). The molecule has 0 fully saturated rings. The highest BCUT2D eigenvalue weighted by molar-refractivity contribution is 7.92. The quantitative estimate of drug-likeness (QED) is 0.432. The van der Waals surface area contributed by atoms with Crippen LogP contribution in [0.2, 0.25) is 10.2 Å². The van der Waals surface area contributed by atoms with Crippen LogP contribution in [0.25, 0.3) is 0 Å². The zero-order valence-electron chi connectivity index (χ0n) is 17.1. The first kappa shape index (κ1) is 23.6. The number of amides is 1. The summed E-state index contributed by atoms with van der Waals surface area (Å²) in [5, 5.41) is 2.76. The number of rotatable bonds is 8. The Morgan fingerprint density at radius 3 is 2.38 bits per heavy atom. The first-order chi connectivity index (χ1) is 15.2. The molecule has 168 valence electrons. The summed E-state index contributed by atoms with van der Waals surface area (Å²) in [7, 11) is -2.70. The van der Waals surface area contributed by atoms with Gasteiger partial charge in [0, 0.05) is 11.4 Å². The Hall–Kier alpha value is -3.01. The first-order valence-corrected chi connectivity index (χ1v) is 11.5. The van der Waals surface area contributed by atoms with Crippen LogP contribution in [0.1, 0.15) is 17.4 Å². The fraction of sp³-hybridized carbons (Fsp3) is 0.143. The van der Waals surface area contributed by atoms with Crippen molar-refractivity contribution in [3.05, 3.63) is 70.5 Å². The van der Waals surface area contributed by atoms with Crippen LogP contribution in [0.5, 0.6) is 11.5 Å². The predicted molar refractivity (Wildman–Crippen MR) is 124 cm³/mol. The van der Waals surface area contributed by atoms with Crippen LogP contribution in [0.15, 0.2) is 59.5 Å². The number of anilines is 2. The summed E-state index contributed by atoms with van der Waals surface area (Å²) in [6.07, 6.45) is 0. The van der Waals surface area contributed by atoms with Crippen molar-refractivity contribution < 1.29 is 22.7 Å². The van der Waals surface area contributed by atoms with E-state index in [1.807, 2.05) is 6.92 Å². The van der Waals surface area contributed by atoms with Gasteiger partial charge in [-0.3, -0.25) is 9.52 Å². The molecule has 0 spiro atoms. The number of sulfonamides is 1. The molecule has 8 nitrogen and oxygen atoms in total. The predicted octanol–water partition coefficient (Wildman–Crippen LogP) is 4.85. The topological polar surface area (TPSA) is 107 Å². The summed E-state index contributed by atoms with van der Waals surface area (Å²) in [6, 6.07) is 13.5. The van der Waals surface area contributed by atoms with Crippen molar-refractivity contribution >= 4 is 50.5 Å². The van der Waals surface area contributed by atoms with Crippen LogP contribution in [-0.2, 0) is 10.0 Å². The molecule has 32 heavy (non-hydrogen) atoms. The average molecular weight is 496 g/mol. The molecule has 1 amide bonds. The molecule has 0 saturated carbocycles. The van der Waals surface area contributed by atoms with E-state index in [-0.39, 0.29) is 32.2 Å². The van der Waals surface area contributed by atoms with E-state index in [2.05, 4.69) is 15.0 Å². The van der Waals surface area contributed by atoms with Crippen molar-refractivity contribution in [3.63, 3.8) is 0 Å². The molecule has 0 atom stereocenters. The number of ether oxygens (including phenoxy) is 2. The van der Waals surface area contributed by atoms with Gasteiger partial charge in [-0.05, 0) is 61.5 Å². The standard InChI is InChI=1S/C21H19Cl2N3O5S/c1-3-31-15-7-4-13(5-8-15)26-32(28,29)18-12-14(6-10-17(18)30-2)24-21(27)20-16(22)9-11-19(23)25-20/h4-12,26H,3H2,1-2H3,(H,24,27). The Kier molecular flexibility index (Phi) is 7.44. The van der Waals surface area contributed by atoms with E-state index < -0.39 is 15.9 Å². The minimum atomic E-state index is -4.05. The Labute approximate surface area is 195 Å². The summed E-state index contributed by atoms with van der Waals surface area (Å²) in [5.74, 6) is 0.0665. The second kappa shape index (κ2) is 10.1. The number of halogens is 2. The van der Waals surface area contributed by atoms with Crippen LogP contribution >= 0.6 is 23.2 Å². The molecule has 1 heterocycles. The van der Waals surface area contributed by atoms with Crippen molar-refractivity contribution in [2.75, 3.05) is 23.8 Å². The number of carbonyl (C=O) groups excluding carboxylic acids is 1. The molecule has 2 aromatic carbocycles. The third kappa shape index (κ3) is 5.61.